The first-order valence-corrected chi connectivity index (χ1v) is 12.1. The molecule has 180 valence electrons. The van der Waals surface area contributed by atoms with Crippen molar-refractivity contribution >= 4 is 76.9 Å². The van der Waals surface area contributed by atoms with Crippen LogP contribution in [0.2, 0.25) is 0 Å². The van der Waals surface area contributed by atoms with Gasteiger partial charge in [-0.3, -0.25) is 9.59 Å². The summed E-state index contributed by atoms with van der Waals surface area (Å²) < 4.78 is 4.71. The lowest BCUT2D eigenvalue weighted by Gasteiger charge is -1.96. The van der Waals surface area contributed by atoms with Crippen molar-refractivity contribution in [1.82, 2.24) is 9.13 Å². The van der Waals surface area contributed by atoms with E-state index in [0.29, 0.717) is 10.8 Å². The van der Waals surface area contributed by atoms with Crippen molar-refractivity contribution in [3.05, 3.63) is 45.3 Å². The van der Waals surface area contributed by atoms with Crippen molar-refractivity contribution in [2.24, 2.45) is 34.6 Å². The van der Waals surface area contributed by atoms with Gasteiger partial charge in [-0.1, -0.05) is 31.9 Å². The Morgan fingerprint density at radius 1 is 0.771 bits per heavy atom. The van der Waals surface area contributed by atoms with E-state index in [-0.39, 0.29) is 42.4 Å². The first-order chi connectivity index (χ1) is 16.7. The van der Waals surface area contributed by atoms with E-state index >= 15 is 0 Å². The third-order valence-electron chi connectivity index (χ3n) is 5.51. The predicted molar refractivity (Wildman–Crippen MR) is 137 cm³/mol. The van der Waals surface area contributed by atoms with E-state index < -0.39 is 11.8 Å². The van der Waals surface area contributed by atoms with Gasteiger partial charge in [-0.25, -0.2) is 0 Å². The summed E-state index contributed by atoms with van der Waals surface area (Å²) in [5.74, 6) is -1.27. The van der Waals surface area contributed by atoms with E-state index in [4.69, 9.17) is 0 Å². The summed E-state index contributed by atoms with van der Waals surface area (Å²) in [6.45, 7) is 0. The number of fused-ring (bicyclic) bond motifs is 2. The second-order valence-corrected chi connectivity index (χ2v) is 9.66. The van der Waals surface area contributed by atoms with Crippen LogP contribution in [-0.2, 0) is 23.7 Å². The van der Waals surface area contributed by atoms with E-state index in [1.165, 1.54) is 0 Å². The molecule has 2 aromatic carbocycles. The van der Waals surface area contributed by atoms with Crippen molar-refractivity contribution in [3.8, 4) is 11.8 Å². The lowest BCUT2D eigenvalue weighted by atomic mass is 10.2. The Labute approximate surface area is 216 Å². The molecule has 35 heavy (non-hydrogen) atoms. The third-order valence-corrected chi connectivity index (χ3v) is 6.50. The summed E-state index contributed by atoms with van der Waals surface area (Å²) in [5.41, 5.74) is 1.88. The van der Waals surface area contributed by atoms with Crippen LogP contribution in [0.1, 0.15) is 19.3 Å². The maximum absolute atomic E-state index is 12.2. The number of aromatic hydroxyl groups is 2. The van der Waals surface area contributed by atoms with Crippen LogP contribution in [0.15, 0.2) is 65.8 Å². The molecule has 0 unspecified atom stereocenters. The van der Waals surface area contributed by atoms with Crippen LogP contribution in [-0.4, -0.2) is 31.2 Å². The smallest absolute Gasteiger partial charge is 0.264 e. The van der Waals surface area contributed by atoms with E-state index in [1.54, 1.807) is 35.4 Å². The molecule has 4 aromatic rings. The average molecular weight is 604 g/mol. The number of aromatic nitrogens is 2. The zero-order chi connectivity index (χ0) is 25.3. The third kappa shape index (κ3) is 5.03. The van der Waals surface area contributed by atoms with Gasteiger partial charge >= 0.3 is 0 Å². The van der Waals surface area contributed by atoms with Gasteiger partial charge in [0.1, 0.15) is 0 Å². The number of azo groups is 2. The molecule has 0 aliphatic rings. The van der Waals surface area contributed by atoms with E-state index in [2.05, 4.69) is 52.3 Å². The Morgan fingerprint density at radius 2 is 1.17 bits per heavy atom. The minimum Gasteiger partial charge on any atom is -0.493 e. The highest BCUT2D eigenvalue weighted by atomic mass is 79.9. The molecular weight excluding hydrogens is 584 g/mol. The van der Waals surface area contributed by atoms with Gasteiger partial charge in [0.2, 0.25) is 11.8 Å². The zero-order valence-corrected chi connectivity index (χ0v) is 21.9. The summed E-state index contributed by atoms with van der Waals surface area (Å²) in [7, 11) is 3.37. The lowest BCUT2D eigenvalue weighted by molar-refractivity contribution is -0.119. The number of rotatable bonds is 6. The fourth-order valence-corrected chi connectivity index (χ4v) is 4.39. The van der Waals surface area contributed by atoms with E-state index in [0.717, 1.165) is 20.0 Å². The number of aryl methyl sites for hydroxylation is 2. The predicted octanol–water partition coefficient (Wildman–Crippen LogP) is 6.70. The number of benzene rings is 2. The molecule has 2 amide bonds. The Balaban J connectivity index is 1.37. The maximum Gasteiger partial charge on any atom is 0.264 e. The number of carbonyl (C=O) groups is 2. The molecule has 12 heteroatoms. The zero-order valence-electron chi connectivity index (χ0n) is 18.7. The first kappa shape index (κ1) is 24.7. The van der Waals surface area contributed by atoms with Crippen LogP contribution in [0.5, 0.6) is 11.8 Å². The van der Waals surface area contributed by atoms with Crippen molar-refractivity contribution in [2.75, 3.05) is 0 Å². The largest absolute Gasteiger partial charge is 0.493 e. The molecular formula is C23H20Br2N6O4. The Hall–Kier alpha value is -3.38. The second kappa shape index (κ2) is 10.1. The molecule has 0 radical (unpaired) electrons. The molecule has 4 rings (SSSR count). The Kier molecular flexibility index (Phi) is 7.13. The van der Waals surface area contributed by atoms with Crippen LogP contribution in [0, 0.1) is 0 Å². The summed E-state index contributed by atoms with van der Waals surface area (Å²) in [5, 5.41) is 37.2. The average Bonchev–Trinajstić information content (AvgIpc) is 3.19. The number of halogens is 2. The standard InChI is InChI=1S/C23H20Br2N6O4/c1-30-16-8-6-12(24)10-14(16)20(22(30)34)28-26-18(32)4-3-5-19(33)27-29-21-15-11-13(25)7-9-17(15)31(2)23(21)35/h6-11,34-35H,3-5H2,1-2H3. The van der Waals surface area contributed by atoms with Crippen molar-refractivity contribution < 1.29 is 19.8 Å². The van der Waals surface area contributed by atoms with Crippen LogP contribution < -0.4 is 0 Å². The number of amides is 2. The summed E-state index contributed by atoms with van der Waals surface area (Å²) in [4.78, 5) is 24.3. The number of hydrogen-bond acceptors (Lipinski definition) is 6. The summed E-state index contributed by atoms with van der Waals surface area (Å²) in [6, 6.07) is 10.9. The lowest BCUT2D eigenvalue weighted by Crippen LogP contribution is -1.96. The number of nitrogens with zero attached hydrogens (tertiary/aromatic N) is 6. The SMILES string of the molecule is Cn1c(O)c(N=NC(=O)CCCC(=O)N=Nc2c(O)n(C)c3ccc(Br)cc23)c2cc(Br)ccc21. The second-order valence-electron chi connectivity index (χ2n) is 7.83. The quantitative estimate of drug-likeness (QED) is 0.237. The molecule has 0 atom stereocenters. The highest BCUT2D eigenvalue weighted by molar-refractivity contribution is 9.10. The monoisotopic (exact) mass is 602 g/mol. The number of hydrogen-bond donors (Lipinski definition) is 2. The minimum absolute atomic E-state index is 0.0214. The fraction of sp³-hybridized carbons (Fsp3) is 0.217. The molecule has 0 saturated carbocycles. The molecule has 2 heterocycles. The Morgan fingerprint density at radius 3 is 1.57 bits per heavy atom. The molecule has 0 aliphatic carbocycles. The van der Waals surface area contributed by atoms with Gasteiger partial charge in [0, 0.05) is 46.7 Å². The van der Waals surface area contributed by atoms with Gasteiger partial charge in [0.15, 0.2) is 11.4 Å². The fourth-order valence-electron chi connectivity index (χ4n) is 3.67. The normalized spacial score (nSPS) is 12.0. The first-order valence-electron chi connectivity index (χ1n) is 10.5. The van der Waals surface area contributed by atoms with Gasteiger partial charge < -0.3 is 19.3 Å². The molecule has 10 nitrogen and oxygen atoms in total. The van der Waals surface area contributed by atoms with Crippen molar-refractivity contribution in [2.45, 2.75) is 19.3 Å². The van der Waals surface area contributed by atoms with Gasteiger partial charge in [0.25, 0.3) is 11.8 Å². The molecule has 0 fully saturated rings. The molecule has 0 aliphatic heterocycles. The molecule has 0 saturated heterocycles. The molecule has 2 N–H and O–H groups in total. The number of carbonyl (C=O) groups excluding carboxylic acids is 2. The highest BCUT2D eigenvalue weighted by Gasteiger charge is 2.16. The van der Waals surface area contributed by atoms with E-state index in [1.807, 2.05) is 24.3 Å². The molecule has 0 bridgehead atoms. The van der Waals surface area contributed by atoms with Gasteiger partial charge in [-0.15, -0.1) is 20.5 Å². The van der Waals surface area contributed by atoms with Gasteiger partial charge in [0.05, 0.1) is 11.0 Å². The molecule has 0 spiro atoms. The molecule has 2 aromatic heterocycles. The van der Waals surface area contributed by atoms with Gasteiger partial charge in [-0.05, 0) is 42.8 Å². The van der Waals surface area contributed by atoms with Crippen LogP contribution >= 0.6 is 31.9 Å². The summed E-state index contributed by atoms with van der Waals surface area (Å²) >= 11 is 6.76. The topological polar surface area (TPSA) is 134 Å². The van der Waals surface area contributed by atoms with Crippen LogP contribution in [0.4, 0.5) is 11.4 Å². The van der Waals surface area contributed by atoms with Crippen molar-refractivity contribution in [3.63, 3.8) is 0 Å². The van der Waals surface area contributed by atoms with E-state index in [9.17, 15) is 19.8 Å². The maximum atomic E-state index is 12.2. The van der Waals surface area contributed by atoms with Crippen LogP contribution in [0.25, 0.3) is 21.8 Å². The minimum atomic E-state index is -0.530. The van der Waals surface area contributed by atoms with Gasteiger partial charge in [-0.2, -0.15) is 0 Å². The van der Waals surface area contributed by atoms with Crippen LogP contribution in [0.3, 0.4) is 0 Å². The summed E-state index contributed by atoms with van der Waals surface area (Å²) in [6.07, 6.45) is 0.161. The highest BCUT2D eigenvalue weighted by Crippen LogP contribution is 2.40. The Bertz CT molecular complexity index is 1420. The van der Waals surface area contributed by atoms with Crippen molar-refractivity contribution in [1.29, 1.82) is 0 Å².